The monoisotopic (exact) mass is 347 g/mol. The minimum atomic E-state index is -0.400. The van der Waals surface area contributed by atoms with Gasteiger partial charge in [-0.3, -0.25) is 4.57 Å². The Morgan fingerprint density at radius 1 is 1.38 bits per heavy atom. The maximum Gasteiger partial charge on any atom is 0.349 e. The maximum atomic E-state index is 11.9. The lowest BCUT2D eigenvalue weighted by Gasteiger charge is -2.14. The van der Waals surface area contributed by atoms with E-state index in [-0.39, 0.29) is 29.9 Å². The van der Waals surface area contributed by atoms with Gasteiger partial charge in [-0.25, -0.2) is 9.59 Å². The fourth-order valence-electron chi connectivity index (χ4n) is 2.29. The fraction of sp³-hybridized carbons (Fsp3) is 0.312. The third-order valence-electron chi connectivity index (χ3n) is 3.47. The summed E-state index contributed by atoms with van der Waals surface area (Å²) in [6, 6.07) is 10.4. The number of aromatic nitrogens is 2. The van der Waals surface area contributed by atoms with Crippen molar-refractivity contribution in [1.82, 2.24) is 9.55 Å². The summed E-state index contributed by atoms with van der Waals surface area (Å²) in [5.74, 6) is 0.538. The number of hydrogen-bond acceptors (Lipinski definition) is 7. The number of rotatable bonds is 5. The van der Waals surface area contributed by atoms with Crippen LogP contribution in [0.2, 0.25) is 0 Å². The van der Waals surface area contributed by atoms with E-state index >= 15 is 0 Å². The molecule has 2 heterocycles. The highest BCUT2D eigenvalue weighted by Crippen LogP contribution is 2.26. The smallest absolute Gasteiger partial charge is 0.349 e. The molecule has 1 aromatic carbocycles. The molecule has 1 aliphatic heterocycles. The molecule has 0 amide bonds. The summed E-state index contributed by atoms with van der Waals surface area (Å²) in [6.07, 6.45) is 1.46. The molecule has 0 unspecified atom stereocenters. The Labute approximate surface area is 142 Å². The molecule has 7 nitrogen and oxygen atoms in total. The van der Waals surface area contributed by atoms with E-state index in [1.54, 1.807) is 48.3 Å². The van der Waals surface area contributed by atoms with Gasteiger partial charge in [0.1, 0.15) is 17.9 Å². The molecule has 0 spiro atoms. The molecule has 2 aromatic rings. The van der Waals surface area contributed by atoms with Gasteiger partial charge >= 0.3 is 11.7 Å². The van der Waals surface area contributed by atoms with Gasteiger partial charge in [0.25, 0.3) is 0 Å². The average molecular weight is 347 g/mol. The lowest BCUT2D eigenvalue weighted by atomic mass is 10.2. The zero-order valence-electron chi connectivity index (χ0n) is 12.8. The molecule has 1 aromatic heterocycles. The van der Waals surface area contributed by atoms with Crippen molar-refractivity contribution in [2.45, 2.75) is 18.1 Å². The molecule has 1 aliphatic rings. The predicted molar refractivity (Wildman–Crippen MR) is 90.8 cm³/mol. The number of nitrogens with zero attached hydrogens (tertiary/aromatic N) is 2. The van der Waals surface area contributed by atoms with Crippen molar-refractivity contribution in [3.63, 3.8) is 0 Å². The van der Waals surface area contributed by atoms with Crippen molar-refractivity contribution in [1.29, 1.82) is 0 Å². The van der Waals surface area contributed by atoms with Crippen molar-refractivity contribution in [2.75, 3.05) is 18.1 Å². The number of hydrogen-bond donors (Lipinski definition) is 1. The molecule has 0 aliphatic carbocycles. The Morgan fingerprint density at radius 3 is 2.92 bits per heavy atom. The van der Waals surface area contributed by atoms with Crippen molar-refractivity contribution < 1.29 is 14.3 Å². The lowest BCUT2D eigenvalue weighted by molar-refractivity contribution is 0.00451. The molecule has 8 heteroatoms. The average Bonchev–Trinajstić information content (AvgIpc) is 3.03. The van der Waals surface area contributed by atoms with Gasteiger partial charge in [0.05, 0.1) is 18.2 Å². The van der Waals surface area contributed by atoms with E-state index in [1.165, 1.54) is 4.57 Å². The van der Waals surface area contributed by atoms with Crippen molar-refractivity contribution >= 4 is 23.5 Å². The topological polar surface area (TPSA) is 96.4 Å². The molecule has 126 valence electrons. The SMILES string of the molecule is Nc1ccn(C[C@@H]2CS[C@@H](COC(=O)c3ccccc3)O2)c(=O)n1. The molecular formula is C16H17N3O4S. The normalized spacial score (nSPS) is 20.0. The van der Waals surface area contributed by atoms with Crippen molar-refractivity contribution in [2.24, 2.45) is 0 Å². The molecule has 0 radical (unpaired) electrons. The van der Waals surface area contributed by atoms with Crippen LogP contribution >= 0.6 is 11.8 Å². The minimum absolute atomic E-state index is 0.140. The molecule has 0 bridgehead atoms. The molecular weight excluding hydrogens is 330 g/mol. The number of esters is 1. The second kappa shape index (κ2) is 7.50. The van der Waals surface area contributed by atoms with Crippen molar-refractivity contribution in [3.05, 3.63) is 58.6 Å². The zero-order valence-corrected chi connectivity index (χ0v) is 13.6. The van der Waals surface area contributed by atoms with Gasteiger partial charge in [0, 0.05) is 11.9 Å². The van der Waals surface area contributed by atoms with Gasteiger partial charge in [-0.15, -0.1) is 11.8 Å². The minimum Gasteiger partial charge on any atom is -0.458 e. The number of nitrogen functional groups attached to an aromatic ring is 1. The Morgan fingerprint density at radius 2 is 2.17 bits per heavy atom. The molecule has 1 fully saturated rings. The van der Waals surface area contributed by atoms with Crippen LogP contribution in [0.1, 0.15) is 10.4 Å². The fourth-order valence-corrected chi connectivity index (χ4v) is 3.31. The molecule has 1 saturated heterocycles. The summed E-state index contributed by atoms with van der Waals surface area (Å²) >= 11 is 1.56. The highest BCUT2D eigenvalue weighted by molar-refractivity contribution is 8.00. The number of anilines is 1. The quantitative estimate of drug-likeness (QED) is 0.810. The molecule has 2 atom stereocenters. The summed E-state index contributed by atoms with van der Waals surface area (Å²) in [7, 11) is 0. The van der Waals surface area contributed by atoms with Gasteiger partial charge in [-0.2, -0.15) is 4.98 Å². The van der Waals surface area contributed by atoms with E-state index in [1.807, 2.05) is 6.07 Å². The van der Waals surface area contributed by atoms with Gasteiger partial charge in [-0.05, 0) is 18.2 Å². The van der Waals surface area contributed by atoms with E-state index in [2.05, 4.69) is 4.98 Å². The third-order valence-corrected chi connectivity index (χ3v) is 4.65. The van der Waals surface area contributed by atoms with Crippen molar-refractivity contribution in [3.8, 4) is 0 Å². The van der Waals surface area contributed by atoms with Crippen LogP contribution in [0, 0.1) is 0 Å². The van der Waals surface area contributed by atoms with Crippen LogP contribution in [0.3, 0.4) is 0 Å². The first-order valence-corrected chi connectivity index (χ1v) is 8.49. The summed E-state index contributed by atoms with van der Waals surface area (Å²) in [5, 5.41) is 0. The van der Waals surface area contributed by atoms with Crippen LogP contribution in [0.25, 0.3) is 0 Å². The first-order valence-electron chi connectivity index (χ1n) is 7.44. The highest BCUT2D eigenvalue weighted by atomic mass is 32.2. The summed E-state index contributed by atoms with van der Waals surface area (Å²) in [4.78, 5) is 27.3. The Kier molecular flexibility index (Phi) is 5.17. The maximum absolute atomic E-state index is 11.9. The summed E-state index contributed by atoms with van der Waals surface area (Å²) in [6.45, 7) is 0.562. The van der Waals surface area contributed by atoms with Crippen LogP contribution in [0.15, 0.2) is 47.4 Å². The number of benzene rings is 1. The van der Waals surface area contributed by atoms with Gasteiger partial charge < -0.3 is 15.2 Å². The van der Waals surface area contributed by atoms with E-state index < -0.39 is 5.69 Å². The number of carbonyl (C=O) groups excluding carboxylic acids is 1. The summed E-state index contributed by atoms with van der Waals surface area (Å²) < 4.78 is 12.5. The predicted octanol–water partition coefficient (Wildman–Crippen LogP) is 1.14. The standard InChI is InChI=1S/C16H17N3O4S/c17-13-6-7-19(16(21)18-13)8-12-10-24-14(23-12)9-22-15(20)11-4-2-1-3-5-11/h1-7,12,14H,8-10H2,(H2,17,18,21)/t12-,14+/m1/s1. The molecule has 2 N–H and O–H groups in total. The Bertz CT molecular complexity index is 765. The van der Waals surface area contributed by atoms with Crippen LogP contribution in [-0.2, 0) is 16.0 Å². The summed E-state index contributed by atoms with van der Waals surface area (Å²) in [5.41, 5.74) is 5.34. The second-order valence-corrected chi connectivity index (χ2v) is 6.47. The van der Waals surface area contributed by atoms with Crippen LogP contribution in [0.5, 0.6) is 0 Å². The van der Waals surface area contributed by atoms with Crippen LogP contribution in [0.4, 0.5) is 5.82 Å². The van der Waals surface area contributed by atoms with Gasteiger partial charge in [-0.1, -0.05) is 18.2 Å². The number of thioether (sulfide) groups is 1. The lowest BCUT2D eigenvalue weighted by Crippen LogP contribution is -2.30. The number of carbonyl (C=O) groups is 1. The molecule has 3 rings (SSSR count). The highest BCUT2D eigenvalue weighted by Gasteiger charge is 2.27. The van der Waals surface area contributed by atoms with Crippen LogP contribution < -0.4 is 11.4 Å². The van der Waals surface area contributed by atoms with E-state index in [9.17, 15) is 9.59 Å². The van der Waals surface area contributed by atoms with E-state index in [0.29, 0.717) is 17.9 Å². The van der Waals surface area contributed by atoms with E-state index in [4.69, 9.17) is 15.2 Å². The van der Waals surface area contributed by atoms with E-state index in [0.717, 1.165) is 0 Å². The first-order chi connectivity index (χ1) is 11.6. The Balaban J connectivity index is 1.49. The molecule has 24 heavy (non-hydrogen) atoms. The van der Waals surface area contributed by atoms with Gasteiger partial charge in [0.2, 0.25) is 0 Å². The molecule has 0 saturated carbocycles. The number of ether oxygens (including phenoxy) is 2. The second-order valence-electron chi connectivity index (χ2n) is 5.27. The largest absolute Gasteiger partial charge is 0.458 e. The number of nitrogens with two attached hydrogens (primary N) is 1. The zero-order chi connectivity index (χ0) is 16.9. The van der Waals surface area contributed by atoms with Crippen LogP contribution in [-0.4, -0.2) is 39.4 Å². The van der Waals surface area contributed by atoms with Gasteiger partial charge in [0.15, 0.2) is 0 Å². The third kappa shape index (κ3) is 4.15. The first kappa shape index (κ1) is 16.5. The Hall–Kier alpha value is -2.32.